The number of amides is 1. The first-order valence-electron chi connectivity index (χ1n) is 7.08. The molecule has 1 amide bonds. The molecule has 0 saturated heterocycles. The van der Waals surface area contributed by atoms with E-state index in [1.54, 1.807) is 13.0 Å². The summed E-state index contributed by atoms with van der Waals surface area (Å²) < 4.78 is 13.2. The van der Waals surface area contributed by atoms with E-state index in [4.69, 9.17) is 10.8 Å². The van der Waals surface area contributed by atoms with Crippen LogP contribution in [0.15, 0.2) is 30.5 Å². The van der Waals surface area contributed by atoms with Crippen molar-refractivity contribution in [2.75, 3.05) is 0 Å². The fraction of sp³-hybridized carbons (Fsp3) is 0.125. The second kappa shape index (κ2) is 7.39. The summed E-state index contributed by atoms with van der Waals surface area (Å²) >= 11 is 0. The first kappa shape index (κ1) is 17.9. The Labute approximate surface area is 141 Å². The largest absolute Gasteiger partial charge is 0.503 e. The van der Waals surface area contributed by atoms with E-state index < -0.39 is 23.3 Å². The topological polar surface area (TPSA) is 138 Å². The van der Waals surface area contributed by atoms with E-state index in [1.807, 2.05) is 0 Å². The number of nitrogens with two attached hydrogens (primary N) is 1. The molecular weight excluding hydrogens is 331 g/mol. The third-order valence-corrected chi connectivity index (χ3v) is 3.24. The van der Waals surface area contributed by atoms with Crippen LogP contribution in [0.3, 0.4) is 0 Å². The Balaban J connectivity index is 2.24. The molecule has 25 heavy (non-hydrogen) atoms. The number of hydrogen-bond acceptors (Lipinski definition) is 6. The van der Waals surface area contributed by atoms with E-state index >= 15 is 0 Å². The van der Waals surface area contributed by atoms with Crippen LogP contribution in [0.1, 0.15) is 37.9 Å². The summed E-state index contributed by atoms with van der Waals surface area (Å²) in [6, 6.07) is 5.35. The molecule has 0 saturated carbocycles. The Morgan fingerprint density at radius 3 is 2.52 bits per heavy atom. The summed E-state index contributed by atoms with van der Waals surface area (Å²) in [6.45, 7) is 1.68. The van der Waals surface area contributed by atoms with Gasteiger partial charge in [-0.05, 0) is 24.1 Å². The van der Waals surface area contributed by atoms with Crippen molar-refractivity contribution in [1.29, 1.82) is 0 Å². The predicted octanol–water partition coefficient (Wildman–Crippen LogP) is 1.37. The fourth-order valence-corrected chi connectivity index (χ4v) is 1.95. The zero-order valence-corrected chi connectivity index (χ0v) is 13.2. The highest BCUT2D eigenvalue weighted by Gasteiger charge is 2.17. The minimum Gasteiger partial charge on any atom is -0.503 e. The zero-order valence-electron chi connectivity index (χ0n) is 13.2. The van der Waals surface area contributed by atoms with Gasteiger partial charge in [-0.25, -0.2) is 19.2 Å². The molecule has 0 unspecified atom stereocenters. The number of aryl methyl sites for hydroxylation is 1. The van der Waals surface area contributed by atoms with Crippen LogP contribution in [0.25, 0.3) is 5.76 Å². The number of nitrogens with one attached hydrogen (secondary N) is 1. The molecule has 2 aromatic rings. The first-order valence-corrected chi connectivity index (χ1v) is 7.08. The van der Waals surface area contributed by atoms with Crippen LogP contribution in [-0.2, 0) is 6.54 Å². The summed E-state index contributed by atoms with van der Waals surface area (Å²) in [5.41, 5.74) is 5.51. The lowest BCUT2D eigenvalue weighted by Gasteiger charge is -2.08. The minimum atomic E-state index is -1.39. The molecule has 0 fully saturated rings. The maximum Gasteiger partial charge on any atom is 0.354 e. The van der Waals surface area contributed by atoms with Crippen molar-refractivity contribution in [1.82, 2.24) is 15.3 Å². The van der Waals surface area contributed by atoms with Gasteiger partial charge in [0.05, 0.1) is 0 Å². The van der Waals surface area contributed by atoms with Gasteiger partial charge in [0.2, 0.25) is 0 Å². The normalized spacial score (nSPS) is 11.2. The van der Waals surface area contributed by atoms with Gasteiger partial charge < -0.3 is 21.3 Å². The Morgan fingerprint density at radius 2 is 1.92 bits per heavy atom. The number of halogens is 1. The Bertz CT molecular complexity index is 867. The van der Waals surface area contributed by atoms with E-state index in [-0.39, 0.29) is 23.9 Å². The highest BCUT2D eigenvalue weighted by atomic mass is 19.1. The fourth-order valence-electron chi connectivity index (χ4n) is 1.95. The molecule has 0 bridgehead atoms. The third-order valence-electron chi connectivity index (χ3n) is 3.24. The van der Waals surface area contributed by atoms with Gasteiger partial charge in [0.25, 0.3) is 5.91 Å². The van der Waals surface area contributed by atoms with Crippen molar-refractivity contribution in [2.45, 2.75) is 13.5 Å². The summed E-state index contributed by atoms with van der Waals surface area (Å²) in [5.74, 6) is -3.38. The van der Waals surface area contributed by atoms with Crippen molar-refractivity contribution in [2.24, 2.45) is 5.73 Å². The number of aliphatic hydroxyl groups is 1. The van der Waals surface area contributed by atoms with Crippen molar-refractivity contribution < 1.29 is 24.2 Å². The average Bonchev–Trinajstić information content (AvgIpc) is 2.61. The molecule has 0 atom stereocenters. The van der Waals surface area contributed by atoms with Crippen LogP contribution in [0.4, 0.5) is 4.39 Å². The second-order valence-corrected chi connectivity index (χ2v) is 5.09. The van der Waals surface area contributed by atoms with Gasteiger partial charge in [-0.15, -0.1) is 0 Å². The number of aromatic nitrogens is 2. The van der Waals surface area contributed by atoms with Gasteiger partial charge in [-0.2, -0.15) is 0 Å². The molecule has 2 rings (SSSR count). The van der Waals surface area contributed by atoms with Crippen molar-refractivity contribution in [3.05, 3.63) is 64.6 Å². The van der Waals surface area contributed by atoms with E-state index in [2.05, 4.69) is 15.3 Å². The zero-order chi connectivity index (χ0) is 18.6. The molecule has 130 valence electrons. The SMILES string of the molecule is Cc1cc(CNC(=O)c2cc(C(=O)O)nc(C(O)=CN)n2)ccc1F. The quantitative estimate of drug-likeness (QED) is 0.600. The number of aromatic carboxylic acids is 1. The Kier molecular flexibility index (Phi) is 5.28. The van der Waals surface area contributed by atoms with Crippen molar-refractivity contribution >= 4 is 17.6 Å². The number of benzene rings is 1. The summed E-state index contributed by atoms with van der Waals surface area (Å²) in [6.07, 6.45) is 0.782. The van der Waals surface area contributed by atoms with Crippen molar-refractivity contribution in [3.63, 3.8) is 0 Å². The molecule has 0 aliphatic rings. The molecule has 0 aliphatic heterocycles. The second-order valence-electron chi connectivity index (χ2n) is 5.09. The summed E-state index contributed by atoms with van der Waals surface area (Å²) in [4.78, 5) is 30.7. The molecule has 0 spiro atoms. The molecule has 5 N–H and O–H groups in total. The summed E-state index contributed by atoms with van der Waals surface area (Å²) in [7, 11) is 0. The van der Waals surface area contributed by atoms with Crippen LogP contribution in [0, 0.1) is 12.7 Å². The van der Waals surface area contributed by atoms with Gasteiger partial charge in [0.1, 0.15) is 11.5 Å². The molecule has 1 heterocycles. The van der Waals surface area contributed by atoms with E-state index in [0.29, 0.717) is 11.1 Å². The lowest BCUT2D eigenvalue weighted by Crippen LogP contribution is -2.25. The van der Waals surface area contributed by atoms with Crippen LogP contribution in [0.2, 0.25) is 0 Å². The van der Waals surface area contributed by atoms with E-state index in [9.17, 15) is 19.1 Å². The monoisotopic (exact) mass is 346 g/mol. The molecule has 9 heteroatoms. The molecule has 8 nitrogen and oxygen atoms in total. The van der Waals surface area contributed by atoms with Gasteiger partial charge in [-0.1, -0.05) is 12.1 Å². The van der Waals surface area contributed by atoms with Gasteiger partial charge in [-0.3, -0.25) is 4.79 Å². The van der Waals surface area contributed by atoms with E-state index in [1.165, 1.54) is 12.1 Å². The molecule has 0 radical (unpaired) electrons. The smallest absolute Gasteiger partial charge is 0.354 e. The first-order chi connectivity index (χ1) is 11.8. The number of aliphatic hydroxyl groups excluding tert-OH is 1. The number of carbonyl (C=O) groups excluding carboxylic acids is 1. The standard InChI is InChI=1S/C16H15FN4O4/c1-8-4-9(2-3-10(8)17)7-19-15(23)11-5-12(16(24)25)21-14(20-11)13(22)6-18/h2-6,22H,7,18H2,1H3,(H,19,23)(H,24,25). The minimum absolute atomic E-state index is 0.0837. The highest BCUT2D eigenvalue weighted by Crippen LogP contribution is 2.11. The number of rotatable bonds is 5. The molecule has 0 aliphatic carbocycles. The predicted molar refractivity (Wildman–Crippen MR) is 86.1 cm³/mol. The van der Waals surface area contributed by atoms with Gasteiger partial charge in [0, 0.05) is 18.8 Å². The van der Waals surface area contributed by atoms with Crippen molar-refractivity contribution in [3.8, 4) is 0 Å². The number of carboxylic acid groups (broad SMARTS) is 1. The third kappa shape index (κ3) is 4.28. The number of hydrogen-bond donors (Lipinski definition) is 4. The Morgan fingerprint density at radius 1 is 1.24 bits per heavy atom. The van der Waals surface area contributed by atoms with Gasteiger partial charge in [0.15, 0.2) is 17.3 Å². The van der Waals surface area contributed by atoms with Crippen LogP contribution in [-0.4, -0.2) is 32.1 Å². The van der Waals surface area contributed by atoms with Crippen LogP contribution < -0.4 is 11.1 Å². The van der Waals surface area contributed by atoms with Gasteiger partial charge >= 0.3 is 5.97 Å². The summed E-state index contributed by atoms with van der Waals surface area (Å²) in [5, 5.41) is 21.1. The number of nitrogens with zero attached hydrogens (tertiary/aromatic N) is 2. The molecule has 1 aromatic carbocycles. The number of carbonyl (C=O) groups is 2. The Hall–Kier alpha value is -3.49. The average molecular weight is 346 g/mol. The molecule has 1 aromatic heterocycles. The lowest BCUT2D eigenvalue weighted by atomic mass is 10.1. The maximum atomic E-state index is 13.2. The lowest BCUT2D eigenvalue weighted by molar-refractivity contribution is 0.0690. The van der Waals surface area contributed by atoms with Crippen LogP contribution >= 0.6 is 0 Å². The number of carboxylic acids is 1. The van der Waals surface area contributed by atoms with E-state index in [0.717, 1.165) is 12.3 Å². The highest BCUT2D eigenvalue weighted by molar-refractivity contribution is 5.95. The maximum absolute atomic E-state index is 13.2. The van der Waals surface area contributed by atoms with Crippen LogP contribution in [0.5, 0.6) is 0 Å². The molecular formula is C16H15FN4O4.